The number of fused-ring (bicyclic) bond motifs is 2. The van der Waals surface area contributed by atoms with Crippen LogP contribution in [-0.4, -0.2) is 89.3 Å². The molecule has 0 fully saturated rings. The Hall–Kier alpha value is -1.75. The summed E-state index contributed by atoms with van der Waals surface area (Å²) in [4.78, 5) is 18.1. The molecular formula is C25H40CuN6O4. The first kappa shape index (κ1) is 30.5. The molecule has 11 heteroatoms. The molecule has 4 bridgehead atoms. The Morgan fingerprint density at radius 3 is 1.44 bits per heavy atom. The van der Waals surface area contributed by atoms with Gasteiger partial charge in [0.05, 0.1) is 22.5 Å². The van der Waals surface area contributed by atoms with Gasteiger partial charge in [0, 0.05) is 59.2 Å². The number of ether oxygens (including phenoxy) is 2. The molecule has 205 valence electrons. The molecule has 2 aliphatic rings. The van der Waals surface area contributed by atoms with E-state index in [1.807, 2.05) is 49.6 Å². The van der Waals surface area contributed by atoms with Gasteiger partial charge < -0.3 is 25.4 Å². The van der Waals surface area contributed by atoms with Crippen LogP contribution in [-0.2, 0) is 39.6 Å². The molecule has 2 N–H and O–H groups in total. The summed E-state index contributed by atoms with van der Waals surface area (Å²) in [7, 11) is 3.04. The quantitative estimate of drug-likeness (QED) is 0.514. The third kappa shape index (κ3) is 7.18. The van der Waals surface area contributed by atoms with Gasteiger partial charge in [-0.3, -0.25) is 24.8 Å². The molecule has 36 heavy (non-hydrogen) atoms. The van der Waals surface area contributed by atoms with Crippen molar-refractivity contribution in [3.63, 3.8) is 0 Å². The topological polar surface area (TPSA) is 135 Å². The summed E-state index contributed by atoms with van der Waals surface area (Å²) in [5, 5.41) is 27.0. The number of nitrogens with zero attached hydrogens (tertiary/aromatic N) is 5. The van der Waals surface area contributed by atoms with Crippen LogP contribution in [0.25, 0.3) is 0 Å². The van der Waals surface area contributed by atoms with Crippen molar-refractivity contribution in [2.24, 2.45) is 9.98 Å². The summed E-state index contributed by atoms with van der Waals surface area (Å²) >= 11 is 0. The first-order chi connectivity index (χ1) is 16.1. The van der Waals surface area contributed by atoms with Gasteiger partial charge in [-0.2, -0.15) is 0 Å². The molecule has 0 spiro atoms. The van der Waals surface area contributed by atoms with Crippen LogP contribution in [0.4, 0.5) is 5.69 Å². The molecule has 4 atom stereocenters. The predicted molar refractivity (Wildman–Crippen MR) is 133 cm³/mol. The van der Waals surface area contributed by atoms with Crippen LogP contribution in [0.1, 0.15) is 52.9 Å². The Labute approximate surface area is 225 Å². The minimum Gasteiger partial charge on any atom is -0.860 e. The summed E-state index contributed by atoms with van der Waals surface area (Å²) in [6.45, 7) is 13.1. The van der Waals surface area contributed by atoms with Crippen LogP contribution in [0, 0.1) is 0 Å². The van der Waals surface area contributed by atoms with Crippen LogP contribution in [0.15, 0.2) is 22.1 Å². The summed E-state index contributed by atoms with van der Waals surface area (Å²) in [6.07, 6.45) is 0. The van der Waals surface area contributed by atoms with Crippen LogP contribution in [0.3, 0.4) is 0 Å². The fourth-order valence-electron chi connectivity index (χ4n) is 4.87. The minimum absolute atomic E-state index is 0. The van der Waals surface area contributed by atoms with E-state index in [2.05, 4.69) is 9.98 Å². The van der Waals surface area contributed by atoms with Crippen molar-refractivity contribution in [2.75, 3.05) is 46.1 Å². The second kappa shape index (κ2) is 10.9. The molecule has 0 aromatic carbocycles. The minimum atomic E-state index is -1.19. The van der Waals surface area contributed by atoms with E-state index < -0.39 is 22.3 Å². The van der Waals surface area contributed by atoms with Gasteiger partial charge in [0.15, 0.2) is 0 Å². The number of methoxy groups -OCH3 is 2. The van der Waals surface area contributed by atoms with Gasteiger partial charge in [0.25, 0.3) is 0 Å². The molecule has 2 unspecified atom stereocenters. The smallest absolute Gasteiger partial charge is 0.860 e. The normalized spacial score (nSPS) is 32.6. The number of hydrogen-bond donors (Lipinski definition) is 1. The molecule has 0 saturated carbocycles. The molecule has 3 rings (SSSR count). The summed E-state index contributed by atoms with van der Waals surface area (Å²) < 4.78 is 11.5. The predicted octanol–water partition coefficient (Wildman–Crippen LogP) is 0.178. The molecule has 0 saturated heterocycles. The third-order valence-corrected chi connectivity index (χ3v) is 6.61. The van der Waals surface area contributed by atoms with Crippen LogP contribution in [0.2, 0.25) is 0 Å². The molecule has 10 nitrogen and oxygen atoms in total. The van der Waals surface area contributed by atoms with Crippen LogP contribution >= 0.6 is 0 Å². The van der Waals surface area contributed by atoms with Crippen molar-refractivity contribution < 1.29 is 36.8 Å². The number of aromatic nitrogens is 1. The van der Waals surface area contributed by atoms with E-state index in [0.29, 0.717) is 31.9 Å². The summed E-state index contributed by atoms with van der Waals surface area (Å²) in [6, 6.07) is 3.68. The van der Waals surface area contributed by atoms with Gasteiger partial charge in [-0.15, -0.1) is 0 Å². The number of nitrogens with two attached hydrogens (primary N) is 1. The van der Waals surface area contributed by atoms with E-state index in [-0.39, 0.29) is 42.0 Å². The van der Waals surface area contributed by atoms with E-state index >= 15 is 0 Å². The Balaban J connectivity index is 0.00000456. The van der Waals surface area contributed by atoms with E-state index in [1.54, 1.807) is 13.8 Å². The number of pyridine rings is 1. The fourth-order valence-corrected chi connectivity index (χ4v) is 4.87. The third-order valence-electron chi connectivity index (χ3n) is 6.61. The van der Waals surface area contributed by atoms with E-state index in [1.165, 1.54) is 14.2 Å². The zero-order valence-electron chi connectivity index (χ0n) is 22.6. The van der Waals surface area contributed by atoms with Crippen LogP contribution in [0.5, 0.6) is 0 Å². The maximum absolute atomic E-state index is 13.5. The van der Waals surface area contributed by atoms with Crippen molar-refractivity contribution in [1.29, 1.82) is 0 Å². The number of hydrogen-bond acceptors (Lipinski definition) is 10. The maximum atomic E-state index is 13.5. The van der Waals surface area contributed by atoms with Gasteiger partial charge in [-0.05, 0) is 65.5 Å². The maximum Gasteiger partial charge on any atom is 2.00 e. The molecule has 1 aromatic rings. The van der Waals surface area contributed by atoms with Crippen molar-refractivity contribution in [3.05, 3.63) is 23.5 Å². The molecule has 0 aliphatic carbocycles. The van der Waals surface area contributed by atoms with Crippen LogP contribution < -0.4 is 15.9 Å². The Morgan fingerprint density at radius 2 is 1.11 bits per heavy atom. The fraction of sp³-hybridized carbons (Fsp3) is 0.720. The van der Waals surface area contributed by atoms with Crippen molar-refractivity contribution in [2.45, 2.75) is 76.9 Å². The number of anilines is 1. The van der Waals surface area contributed by atoms with E-state index in [0.717, 1.165) is 11.4 Å². The average Bonchev–Trinajstić information content (AvgIpc) is 2.70. The zero-order chi connectivity index (χ0) is 26.2. The molecular weight excluding hydrogens is 512 g/mol. The van der Waals surface area contributed by atoms with Gasteiger partial charge in [0.2, 0.25) is 0 Å². The molecule has 1 radical (unpaired) electrons. The van der Waals surface area contributed by atoms with Crippen molar-refractivity contribution in [3.8, 4) is 0 Å². The molecule has 1 aromatic heterocycles. The van der Waals surface area contributed by atoms with Gasteiger partial charge >= 0.3 is 17.1 Å². The number of rotatable bonds is 2. The largest absolute Gasteiger partial charge is 2.00 e. The zero-order valence-corrected chi connectivity index (χ0v) is 23.6. The monoisotopic (exact) mass is 551 g/mol. The molecule has 3 heterocycles. The van der Waals surface area contributed by atoms with Gasteiger partial charge in [-0.25, -0.2) is 0 Å². The second-order valence-electron chi connectivity index (χ2n) is 11.5. The first-order valence-corrected chi connectivity index (χ1v) is 11.9. The van der Waals surface area contributed by atoms with Crippen molar-refractivity contribution >= 4 is 17.5 Å². The SMILES string of the molecule is CO[C@]1(C)CN2Cc3cc(N)cc(n3)CN(CC(C)(C)N=C1[O-])C[C@](C)(OC)C([O-])=NC(C)(C)C2.[Cu+2]. The first-order valence-electron chi connectivity index (χ1n) is 11.9. The van der Waals surface area contributed by atoms with Gasteiger partial charge in [0.1, 0.15) is 11.2 Å². The number of aliphatic imine (C=N–C) groups is 2. The summed E-state index contributed by atoms with van der Waals surface area (Å²) in [5.41, 5.74) is 4.52. The summed E-state index contributed by atoms with van der Waals surface area (Å²) in [5.74, 6) is -0.656. The van der Waals surface area contributed by atoms with Crippen molar-refractivity contribution in [1.82, 2.24) is 14.8 Å². The Morgan fingerprint density at radius 1 is 0.750 bits per heavy atom. The van der Waals surface area contributed by atoms with Gasteiger partial charge in [-0.1, -0.05) is 0 Å². The van der Waals surface area contributed by atoms with E-state index in [9.17, 15) is 10.2 Å². The second-order valence-corrected chi connectivity index (χ2v) is 11.5. The Bertz CT molecular complexity index is 927. The molecule has 0 amide bonds. The Kier molecular flexibility index (Phi) is 9.25. The average molecular weight is 552 g/mol. The number of nitrogen functional groups attached to an aromatic ring is 1. The molecule has 2 aliphatic heterocycles. The van der Waals surface area contributed by atoms with E-state index in [4.69, 9.17) is 20.2 Å². The standard InChI is InChI=1S/C25H42N6O4.Cu/c1-22(2)13-30-11-18-9-17(26)10-19(27-18)12-31(16-24(5,34-7)20(32)28-22)14-23(3,4)29-21(33)25(6,15-30)35-8;/h9-10H,11-16H2,1-8H3,(H2,26,27)(H,28,32)(H,29,33);/q;+2/p-2/t24-,25+;.